The van der Waals surface area contributed by atoms with Gasteiger partial charge >= 0.3 is 0 Å². The van der Waals surface area contributed by atoms with Crippen molar-refractivity contribution in [2.24, 2.45) is 0 Å². The van der Waals surface area contributed by atoms with Crippen LogP contribution in [-0.2, 0) is 22.6 Å². The highest BCUT2D eigenvalue weighted by Gasteiger charge is 2.25. The van der Waals surface area contributed by atoms with Crippen molar-refractivity contribution in [1.82, 2.24) is 10.2 Å². The molecular formula is C21H24Cl2N2O2. The molecule has 0 aliphatic rings. The number of hydrogen-bond donors (Lipinski definition) is 1. The van der Waals surface area contributed by atoms with Crippen molar-refractivity contribution in [2.45, 2.75) is 39.3 Å². The number of nitrogens with zero attached hydrogens (tertiary/aromatic N) is 1. The Kier molecular flexibility index (Phi) is 7.69. The molecule has 0 bridgehead atoms. The lowest BCUT2D eigenvalue weighted by Crippen LogP contribution is -2.46. The highest BCUT2D eigenvalue weighted by Crippen LogP contribution is 2.23. The van der Waals surface area contributed by atoms with Crippen molar-refractivity contribution in [3.05, 3.63) is 69.2 Å². The molecule has 0 radical (unpaired) electrons. The summed E-state index contributed by atoms with van der Waals surface area (Å²) >= 11 is 12.2. The lowest BCUT2D eigenvalue weighted by atomic mass is 10.1. The van der Waals surface area contributed by atoms with E-state index in [-0.39, 0.29) is 18.4 Å². The summed E-state index contributed by atoms with van der Waals surface area (Å²) in [5, 5.41) is 3.61. The molecule has 0 fully saturated rings. The predicted octanol–water partition coefficient (Wildman–Crippen LogP) is 4.40. The Morgan fingerprint density at radius 3 is 2.37 bits per heavy atom. The van der Waals surface area contributed by atoms with E-state index in [1.165, 1.54) is 5.56 Å². The maximum atomic E-state index is 12.9. The van der Waals surface area contributed by atoms with Gasteiger partial charge < -0.3 is 10.2 Å². The number of hydrogen-bond acceptors (Lipinski definition) is 2. The van der Waals surface area contributed by atoms with Crippen molar-refractivity contribution in [3.63, 3.8) is 0 Å². The number of likely N-dealkylation sites (N-methyl/N-ethyl adjacent to an activating group) is 1. The topological polar surface area (TPSA) is 49.4 Å². The molecule has 2 amide bonds. The van der Waals surface area contributed by atoms with Gasteiger partial charge in [0.05, 0.1) is 0 Å². The fourth-order valence-corrected chi connectivity index (χ4v) is 3.24. The van der Waals surface area contributed by atoms with Gasteiger partial charge in [0.2, 0.25) is 11.8 Å². The van der Waals surface area contributed by atoms with Gasteiger partial charge in [-0.25, -0.2) is 0 Å². The molecule has 6 heteroatoms. The third-order valence-corrected chi connectivity index (χ3v) is 5.10. The smallest absolute Gasteiger partial charge is 0.242 e. The van der Waals surface area contributed by atoms with Gasteiger partial charge in [-0.15, -0.1) is 0 Å². The number of benzene rings is 2. The van der Waals surface area contributed by atoms with Crippen LogP contribution in [0.25, 0.3) is 0 Å². The summed E-state index contributed by atoms with van der Waals surface area (Å²) < 4.78 is 0. The zero-order valence-corrected chi connectivity index (χ0v) is 17.3. The molecule has 0 aliphatic heterocycles. The number of carbonyl (C=O) groups is 2. The van der Waals surface area contributed by atoms with Gasteiger partial charge in [-0.1, -0.05) is 59.1 Å². The van der Waals surface area contributed by atoms with E-state index in [0.717, 1.165) is 11.1 Å². The number of halogens is 2. The molecule has 0 spiro atoms. The fraction of sp³-hybridized carbons (Fsp3) is 0.333. The van der Waals surface area contributed by atoms with E-state index in [1.807, 2.05) is 31.2 Å². The minimum Gasteiger partial charge on any atom is -0.357 e. The monoisotopic (exact) mass is 406 g/mol. The second kappa shape index (κ2) is 9.77. The third kappa shape index (κ3) is 5.98. The van der Waals surface area contributed by atoms with Crippen LogP contribution in [0.2, 0.25) is 10.0 Å². The van der Waals surface area contributed by atoms with Crippen molar-refractivity contribution < 1.29 is 9.59 Å². The molecular weight excluding hydrogens is 383 g/mol. The van der Waals surface area contributed by atoms with Gasteiger partial charge in [0.25, 0.3) is 0 Å². The fourth-order valence-electron chi connectivity index (χ4n) is 2.77. The first-order chi connectivity index (χ1) is 12.8. The number of rotatable bonds is 7. The van der Waals surface area contributed by atoms with Gasteiger partial charge in [-0.2, -0.15) is 0 Å². The van der Waals surface area contributed by atoms with Crippen LogP contribution in [0.4, 0.5) is 0 Å². The standard InChI is InChI=1S/C21H24Cl2N2O2/c1-14-4-6-16(7-5-14)8-11-20(26)25(15(2)21(27)24-3)13-17-9-10-18(22)12-19(17)23/h4-7,9-10,12,15H,8,11,13H2,1-3H3,(H,24,27). The van der Waals surface area contributed by atoms with E-state index in [9.17, 15) is 9.59 Å². The molecule has 0 saturated heterocycles. The van der Waals surface area contributed by atoms with Gasteiger partial charge in [-0.3, -0.25) is 9.59 Å². The second-order valence-corrected chi connectivity index (χ2v) is 7.38. The Morgan fingerprint density at radius 1 is 1.11 bits per heavy atom. The Morgan fingerprint density at radius 2 is 1.78 bits per heavy atom. The molecule has 1 atom stereocenters. The summed E-state index contributed by atoms with van der Waals surface area (Å²) in [6, 6.07) is 12.6. The quantitative estimate of drug-likeness (QED) is 0.740. The van der Waals surface area contributed by atoms with Crippen LogP contribution in [0.1, 0.15) is 30.0 Å². The molecule has 0 heterocycles. The molecule has 2 aromatic rings. The molecule has 2 rings (SSSR count). The largest absolute Gasteiger partial charge is 0.357 e. The summed E-state index contributed by atoms with van der Waals surface area (Å²) in [6.07, 6.45) is 0.931. The highest BCUT2D eigenvalue weighted by atomic mass is 35.5. The Balaban J connectivity index is 2.16. The molecule has 144 valence electrons. The van der Waals surface area contributed by atoms with Gasteiger partial charge in [0.15, 0.2) is 0 Å². The molecule has 0 aromatic heterocycles. The second-order valence-electron chi connectivity index (χ2n) is 6.53. The van der Waals surface area contributed by atoms with E-state index in [1.54, 1.807) is 37.1 Å². The summed E-state index contributed by atoms with van der Waals surface area (Å²) in [6.45, 7) is 3.99. The first-order valence-corrected chi connectivity index (χ1v) is 9.58. The van der Waals surface area contributed by atoms with Crippen molar-refractivity contribution in [3.8, 4) is 0 Å². The first-order valence-electron chi connectivity index (χ1n) is 8.82. The van der Waals surface area contributed by atoms with E-state index < -0.39 is 6.04 Å². The van der Waals surface area contributed by atoms with Crippen LogP contribution in [0, 0.1) is 6.92 Å². The maximum Gasteiger partial charge on any atom is 0.242 e. The first kappa shape index (κ1) is 21.3. The van der Waals surface area contributed by atoms with Crippen LogP contribution in [0.15, 0.2) is 42.5 Å². The summed E-state index contributed by atoms with van der Waals surface area (Å²) in [5.41, 5.74) is 3.02. The molecule has 27 heavy (non-hydrogen) atoms. The summed E-state index contributed by atoms with van der Waals surface area (Å²) in [5.74, 6) is -0.318. The van der Waals surface area contributed by atoms with E-state index in [4.69, 9.17) is 23.2 Å². The average molecular weight is 407 g/mol. The highest BCUT2D eigenvalue weighted by molar-refractivity contribution is 6.35. The van der Waals surface area contributed by atoms with Gasteiger partial charge in [0, 0.05) is 30.1 Å². The minimum atomic E-state index is -0.604. The van der Waals surface area contributed by atoms with Crippen LogP contribution in [-0.4, -0.2) is 29.8 Å². The van der Waals surface area contributed by atoms with Gasteiger partial charge in [0.1, 0.15) is 6.04 Å². The average Bonchev–Trinajstić information content (AvgIpc) is 2.65. The van der Waals surface area contributed by atoms with E-state index in [0.29, 0.717) is 22.9 Å². The van der Waals surface area contributed by atoms with E-state index in [2.05, 4.69) is 5.32 Å². The summed E-state index contributed by atoms with van der Waals surface area (Å²) in [7, 11) is 1.56. The summed E-state index contributed by atoms with van der Waals surface area (Å²) in [4.78, 5) is 26.6. The Hall–Kier alpha value is -2.04. The van der Waals surface area contributed by atoms with Gasteiger partial charge in [-0.05, 0) is 43.5 Å². The number of carbonyl (C=O) groups excluding carboxylic acids is 2. The predicted molar refractivity (Wildman–Crippen MR) is 110 cm³/mol. The zero-order chi connectivity index (χ0) is 20.0. The van der Waals surface area contributed by atoms with Crippen molar-refractivity contribution >= 4 is 35.0 Å². The number of amides is 2. The minimum absolute atomic E-state index is 0.0994. The zero-order valence-electron chi connectivity index (χ0n) is 15.8. The van der Waals surface area contributed by atoms with Crippen LogP contribution in [0.5, 0.6) is 0 Å². The third-order valence-electron chi connectivity index (χ3n) is 4.52. The van der Waals surface area contributed by atoms with Crippen molar-refractivity contribution in [2.75, 3.05) is 7.05 Å². The normalized spacial score (nSPS) is 11.7. The molecule has 4 nitrogen and oxygen atoms in total. The van der Waals surface area contributed by atoms with Crippen LogP contribution in [0.3, 0.4) is 0 Å². The van der Waals surface area contributed by atoms with Crippen molar-refractivity contribution in [1.29, 1.82) is 0 Å². The molecule has 1 N–H and O–H groups in total. The molecule has 2 aromatic carbocycles. The van der Waals surface area contributed by atoms with Crippen LogP contribution >= 0.6 is 23.2 Å². The maximum absolute atomic E-state index is 12.9. The van der Waals surface area contributed by atoms with Crippen LogP contribution < -0.4 is 5.32 Å². The molecule has 0 saturated carbocycles. The van der Waals surface area contributed by atoms with E-state index >= 15 is 0 Å². The molecule has 1 unspecified atom stereocenters. The number of nitrogens with one attached hydrogen (secondary N) is 1. The lowest BCUT2D eigenvalue weighted by molar-refractivity contribution is -0.140. The Labute approximate surface area is 170 Å². The molecule has 0 aliphatic carbocycles. The Bertz CT molecular complexity index is 806. The lowest BCUT2D eigenvalue weighted by Gasteiger charge is -2.29. The SMILES string of the molecule is CNC(=O)C(C)N(Cc1ccc(Cl)cc1Cl)C(=O)CCc1ccc(C)cc1. The number of aryl methyl sites for hydroxylation is 2.